The molecule has 20 heavy (non-hydrogen) atoms. The summed E-state index contributed by atoms with van der Waals surface area (Å²) < 4.78 is 6.20. The number of halogens is 4. The van der Waals surface area contributed by atoms with Gasteiger partial charge in [-0.05, 0) is 28.1 Å². The van der Waals surface area contributed by atoms with Gasteiger partial charge in [-0.3, -0.25) is 10.7 Å². The van der Waals surface area contributed by atoms with Crippen LogP contribution in [0.1, 0.15) is 5.56 Å². The summed E-state index contributed by atoms with van der Waals surface area (Å²) in [6.07, 6.45) is 1.51. The average Bonchev–Trinajstić information content (AvgIpc) is 2.41. The lowest BCUT2D eigenvalue weighted by Gasteiger charge is -2.13. The van der Waals surface area contributed by atoms with E-state index in [1.54, 1.807) is 18.2 Å². The summed E-state index contributed by atoms with van der Waals surface area (Å²) in [5, 5.41) is 10.2. The van der Waals surface area contributed by atoms with Crippen LogP contribution in [0.5, 0.6) is 5.75 Å². The van der Waals surface area contributed by atoms with Gasteiger partial charge in [0.15, 0.2) is 0 Å². The van der Waals surface area contributed by atoms with Crippen LogP contribution in [0, 0.1) is 0 Å². The number of hydrogen-bond donors (Lipinski definition) is 2. The summed E-state index contributed by atoms with van der Waals surface area (Å²) in [6, 6.07) is 4.76. The van der Waals surface area contributed by atoms with Gasteiger partial charge < -0.3 is 4.74 Å². The number of ether oxygens (including phenoxy) is 1. The Balaban J connectivity index is 2.25. The highest BCUT2D eigenvalue weighted by atomic mass is 79.9. The maximum atomic E-state index is 9.08. The van der Waals surface area contributed by atoms with E-state index in [1.807, 2.05) is 5.48 Å². The molecule has 0 fully saturated rings. The van der Waals surface area contributed by atoms with E-state index in [2.05, 4.69) is 20.9 Å². The highest BCUT2D eigenvalue weighted by Crippen LogP contribution is 2.35. The first-order valence-corrected chi connectivity index (χ1v) is 7.26. The zero-order valence-electron chi connectivity index (χ0n) is 9.83. The van der Waals surface area contributed by atoms with E-state index >= 15 is 0 Å². The molecule has 0 saturated carbocycles. The van der Waals surface area contributed by atoms with E-state index in [4.69, 9.17) is 44.7 Å². The summed E-state index contributed by atoms with van der Waals surface area (Å²) in [6.45, 7) is 0.0954. The van der Waals surface area contributed by atoms with E-state index in [0.29, 0.717) is 31.5 Å². The number of rotatable bonds is 4. The summed E-state index contributed by atoms with van der Waals surface area (Å²) in [4.78, 5) is 3.93. The minimum atomic E-state index is 0.0954. The van der Waals surface area contributed by atoms with Gasteiger partial charge in [-0.25, -0.2) is 4.98 Å². The van der Waals surface area contributed by atoms with Crippen molar-refractivity contribution in [2.24, 2.45) is 0 Å². The largest absolute Gasteiger partial charge is 0.486 e. The molecule has 0 aliphatic carbocycles. The molecule has 1 aromatic carbocycles. The van der Waals surface area contributed by atoms with Crippen molar-refractivity contribution in [3.63, 3.8) is 0 Å². The van der Waals surface area contributed by atoms with Gasteiger partial charge >= 0.3 is 0 Å². The first kappa shape index (κ1) is 15.7. The summed E-state index contributed by atoms with van der Waals surface area (Å²) in [7, 11) is 0. The van der Waals surface area contributed by atoms with E-state index in [9.17, 15) is 0 Å². The van der Waals surface area contributed by atoms with Crippen LogP contribution in [0.15, 0.2) is 28.9 Å². The van der Waals surface area contributed by atoms with Crippen LogP contribution in [0.25, 0.3) is 0 Å². The number of nitrogens with one attached hydrogen (secondary N) is 1. The van der Waals surface area contributed by atoms with Crippen LogP contribution in [-0.2, 0) is 6.61 Å². The zero-order chi connectivity index (χ0) is 14.7. The SMILES string of the molecule is ONc1cc(Br)c(Cl)cc1OCc1c(Cl)ccnc1Cl. The van der Waals surface area contributed by atoms with Crippen molar-refractivity contribution in [2.45, 2.75) is 6.61 Å². The Labute approximate surface area is 138 Å². The lowest BCUT2D eigenvalue weighted by atomic mass is 10.3. The normalized spacial score (nSPS) is 10.4. The van der Waals surface area contributed by atoms with Gasteiger partial charge in [0.25, 0.3) is 0 Å². The molecule has 8 heteroatoms. The Morgan fingerprint density at radius 2 is 2.00 bits per heavy atom. The lowest BCUT2D eigenvalue weighted by Crippen LogP contribution is -2.01. The molecule has 0 aliphatic rings. The van der Waals surface area contributed by atoms with Crippen LogP contribution >= 0.6 is 50.7 Å². The molecule has 0 spiro atoms. The average molecular weight is 398 g/mol. The van der Waals surface area contributed by atoms with E-state index in [1.165, 1.54) is 6.20 Å². The Hall–Kier alpha value is -0.720. The fraction of sp³-hybridized carbons (Fsp3) is 0.0833. The Morgan fingerprint density at radius 3 is 2.65 bits per heavy atom. The molecule has 0 radical (unpaired) electrons. The molecular weight excluding hydrogens is 390 g/mol. The standard InChI is InChI=1S/C12H8BrCl3N2O2/c13-7-3-10(18-19)11(4-9(7)15)20-5-6-8(14)1-2-17-12(6)16/h1-4,18-19H,5H2. The number of benzene rings is 1. The molecular formula is C12H8BrCl3N2O2. The maximum Gasteiger partial charge on any atom is 0.146 e. The number of anilines is 1. The third kappa shape index (κ3) is 3.48. The number of aromatic nitrogens is 1. The van der Waals surface area contributed by atoms with Gasteiger partial charge in [-0.15, -0.1) is 0 Å². The van der Waals surface area contributed by atoms with Crippen molar-refractivity contribution in [3.8, 4) is 5.75 Å². The second-order valence-corrected chi connectivity index (χ2v) is 5.75. The molecule has 2 aromatic rings. The molecule has 0 bridgehead atoms. The fourth-order valence-electron chi connectivity index (χ4n) is 1.46. The summed E-state index contributed by atoms with van der Waals surface area (Å²) >= 11 is 21.2. The molecule has 0 aliphatic heterocycles. The first-order chi connectivity index (χ1) is 9.52. The quantitative estimate of drug-likeness (QED) is 0.550. The van der Waals surface area contributed by atoms with E-state index in [0.717, 1.165) is 0 Å². The molecule has 4 nitrogen and oxygen atoms in total. The van der Waals surface area contributed by atoms with Gasteiger partial charge in [0.1, 0.15) is 23.2 Å². The molecule has 106 valence electrons. The molecule has 2 N–H and O–H groups in total. The van der Waals surface area contributed by atoms with Gasteiger partial charge in [-0.1, -0.05) is 34.8 Å². The van der Waals surface area contributed by atoms with Crippen LogP contribution in [0.2, 0.25) is 15.2 Å². The third-order valence-corrected chi connectivity index (χ3v) is 4.34. The first-order valence-electron chi connectivity index (χ1n) is 5.33. The summed E-state index contributed by atoms with van der Waals surface area (Å²) in [5.74, 6) is 0.358. The Morgan fingerprint density at radius 1 is 1.25 bits per heavy atom. The van der Waals surface area contributed by atoms with Gasteiger partial charge in [0.2, 0.25) is 0 Å². The van der Waals surface area contributed by atoms with Crippen molar-refractivity contribution in [1.82, 2.24) is 4.98 Å². The maximum absolute atomic E-state index is 9.08. The zero-order valence-corrected chi connectivity index (χ0v) is 13.7. The second-order valence-electron chi connectivity index (χ2n) is 3.73. The predicted octanol–water partition coefficient (Wildman–Crippen LogP) is 5.18. The monoisotopic (exact) mass is 396 g/mol. The molecule has 0 unspecified atom stereocenters. The van der Waals surface area contributed by atoms with Crippen molar-refractivity contribution in [2.75, 3.05) is 5.48 Å². The number of hydrogen-bond acceptors (Lipinski definition) is 4. The fourth-order valence-corrected chi connectivity index (χ4v) is 2.42. The molecule has 0 amide bonds. The van der Waals surface area contributed by atoms with Crippen LogP contribution < -0.4 is 10.2 Å². The molecule has 2 rings (SSSR count). The highest BCUT2D eigenvalue weighted by Gasteiger charge is 2.11. The van der Waals surface area contributed by atoms with Crippen LogP contribution in [-0.4, -0.2) is 10.2 Å². The molecule has 0 saturated heterocycles. The molecule has 0 atom stereocenters. The minimum Gasteiger partial charge on any atom is -0.486 e. The number of pyridine rings is 1. The molecule has 1 aromatic heterocycles. The van der Waals surface area contributed by atoms with Crippen molar-refractivity contribution in [3.05, 3.63) is 49.6 Å². The van der Waals surface area contributed by atoms with Gasteiger partial charge in [-0.2, -0.15) is 0 Å². The van der Waals surface area contributed by atoms with Crippen LogP contribution in [0.4, 0.5) is 5.69 Å². The second kappa shape index (κ2) is 6.83. The van der Waals surface area contributed by atoms with Crippen molar-refractivity contribution >= 4 is 56.4 Å². The third-order valence-electron chi connectivity index (χ3n) is 2.46. The van der Waals surface area contributed by atoms with E-state index in [-0.39, 0.29) is 11.8 Å². The minimum absolute atomic E-state index is 0.0954. The topological polar surface area (TPSA) is 54.4 Å². The van der Waals surface area contributed by atoms with E-state index < -0.39 is 0 Å². The van der Waals surface area contributed by atoms with Crippen molar-refractivity contribution in [1.29, 1.82) is 0 Å². The van der Waals surface area contributed by atoms with Crippen LogP contribution in [0.3, 0.4) is 0 Å². The lowest BCUT2D eigenvalue weighted by molar-refractivity contribution is 0.301. The summed E-state index contributed by atoms with van der Waals surface area (Å²) in [5.41, 5.74) is 2.95. The number of nitrogens with zero attached hydrogens (tertiary/aromatic N) is 1. The smallest absolute Gasteiger partial charge is 0.146 e. The van der Waals surface area contributed by atoms with Gasteiger partial charge in [0, 0.05) is 22.3 Å². The van der Waals surface area contributed by atoms with Crippen molar-refractivity contribution < 1.29 is 9.94 Å². The van der Waals surface area contributed by atoms with Gasteiger partial charge in [0.05, 0.1) is 10.0 Å². The predicted molar refractivity (Wildman–Crippen MR) is 83.2 cm³/mol. The molecule has 1 heterocycles. The highest BCUT2D eigenvalue weighted by molar-refractivity contribution is 9.10. The Kier molecular flexibility index (Phi) is 5.35. The Bertz CT molecular complexity index is 620.